The van der Waals surface area contributed by atoms with Crippen molar-refractivity contribution in [2.45, 2.75) is 18.1 Å². The van der Waals surface area contributed by atoms with Gasteiger partial charge in [-0.3, -0.25) is 14.6 Å². The quantitative estimate of drug-likeness (QED) is 0.675. The molecule has 12 heavy (non-hydrogen) atoms. The highest BCUT2D eigenvalue weighted by Crippen LogP contribution is 2.25. The first-order valence-electron chi connectivity index (χ1n) is 3.91. The lowest BCUT2D eigenvalue weighted by Crippen LogP contribution is -2.23. The summed E-state index contributed by atoms with van der Waals surface area (Å²) in [7, 11) is 0. The maximum Gasteiger partial charge on any atom is 0.270 e. The van der Waals surface area contributed by atoms with Gasteiger partial charge in [0, 0.05) is 18.1 Å². The van der Waals surface area contributed by atoms with Crippen molar-refractivity contribution in [2.75, 3.05) is 6.54 Å². The van der Waals surface area contributed by atoms with E-state index in [2.05, 4.69) is 5.10 Å². The second-order valence-corrected chi connectivity index (χ2v) is 3.79. The van der Waals surface area contributed by atoms with Gasteiger partial charge in [0.15, 0.2) is 0 Å². The van der Waals surface area contributed by atoms with E-state index in [1.165, 1.54) is 0 Å². The number of hydrogen-bond acceptors (Lipinski definition) is 3. The van der Waals surface area contributed by atoms with Crippen molar-refractivity contribution in [3.8, 4) is 0 Å². The minimum absolute atomic E-state index is 0.112. The number of H-pyrrole nitrogens is 1. The smallest absolute Gasteiger partial charge is 0.270 e. The first kappa shape index (κ1) is 7.94. The molecule has 0 aliphatic carbocycles. The number of aromatic nitrogens is 2. The van der Waals surface area contributed by atoms with Crippen LogP contribution in [0.15, 0.2) is 4.79 Å². The molecule has 0 bridgehead atoms. The zero-order valence-corrected chi connectivity index (χ0v) is 7.49. The van der Waals surface area contributed by atoms with Crippen molar-refractivity contribution < 1.29 is 0 Å². The van der Waals surface area contributed by atoms with Crippen LogP contribution in [-0.2, 0) is 18.1 Å². The highest BCUT2D eigenvalue weighted by atomic mass is 32.2. The predicted octanol–water partition coefficient (Wildman–Crippen LogP) is -0.118. The Morgan fingerprint density at radius 3 is 3.08 bits per heavy atom. The van der Waals surface area contributed by atoms with E-state index < -0.39 is 0 Å². The summed E-state index contributed by atoms with van der Waals surface area (Å²) >= 11 is 1.77. The minimum atomic E-state index is 0.112. The molecular formula is C7H11N3OS. The van der Waals surface area contributed by atoms with Gasteiger partial charge in [0.25, 0.3) is 5.56 Å². The van der Waals surface area contributed by atoms with E-state index >= 15 is 0 Å². The van der Waals surface area contributed by atoms with E-state index in [1.54, 1.807) is 16.4 Å². The van der Waals surface area contributed by atoms with Gasteiger partial charge in [0.1, 0.15) is 0 Å². The lowest BCUT2D eigenvalue weighted by atomic mass is 10.3. The number of thioether (sulfide) groups is 1. The van der Waals surface area contributed by atoms with Crippen LogP contribution in [0.25, 0.3) is 0 Å². The van der Waals surface area contributed by atoms with Crippen LogP contribution >= 0.6 is 11.8 Å². The number of fused-ring (bicyclic) bond motifs is 1. The molecule has 2 heterocycles. The van der Waals surface area contributed by atoms with Crippen molar-refractivity contribution in [1.29, 1.82) is 0 Å². The standard InChI is InChI=1S/C7H11N3OS/c8-1-2-10-7(11)5-3-12-4-6(5)9-10/h9H,1-4,8H2. The molecule has 0 saturated carbocycles. The monoisotopic (exact) mass is 185 g/mol. The largest absolute Gasteiger partial charge is 0.329 e. The van der Waals surface area contributed by atoms with Crippen molar-refractivity contribution in [2.24, 2.45) is 5.73 Å². The van der Waals surface area contributed by atoms with Crippen molar-refractivity contribution in [3.05, 3.63) is 21.6 Å². The Morgan fingerprint density at radius 1 is 1.58 bits per heavy atom. The Morgan fingerprint density at radius 2 is 2.42 bits per heavy atom. The summed E-state index contributed by atoms with van der Waals surface area (Å²) in [6, 6.07) is 0. The molecule has 0 unspecified atom stereocenters. The molecular weight excluding hydrogens is 174 g/mol. The molecule has 66 valence electrons. The molecule has 4 nitrogen and oxygen atoms in total. The number of nitrogens with one attached hydrogen (secondary N) is 1. The molecule has 5 heteroatoms. The van der Waals surface area contributed by atoms with Crippen LogP contribution in [0.5, 0.6) is 0 Å². The summed E-state index contributed by atoms with van der Waals surface area (Å²) in [5.41, 5.74) is 7.50. The van der Waals surface area contributed by atoms with Crippen molar-refractivity contribution >= 4 is 11.8 Å². The summed E-state index contributed by atoms with van der Waals surface area (Å²) in [6.45, 7) is 1.10. The maximum atomic E-state index is 11.5. The average Bonchev–Trinajstić information content (AvgIpc) is 2.58. The van der Waals surface area contributed by atoms with Crippen molar-refractivity contribution in [1.82, 2.24) is 9.78 Å². The third kappa shape index (κ3) is 1.09. The number of nitrogens with two attached hydrogens (primary N) is 1. The summed E-state index contributed by atoms with van der Waals surface area (Å²) in [6.07, 6.45) is 0. The van der Waals surface area contributed by atoms with E-state index in [0.717, 1.165) is 22.8 Å². The first-order chi connectivity index (χ1) is 5.83. The van der Waals surface area contributed by atoms with Gasteiger partial charge in [-0.1, -0.05) is 0 Å². The van der Waals surface area contributed by atoms with Crippen molar-refractivity contribution in [3.63, 3.8) is 0 Å². The third-order valence-corrected chi connectivity index (χ3v) is 2.97. The van der Waals surface area contributed by atoms with E-state index in [-0.39, 0.29) is 5.56 Å². The summed E-state index contributed by atoms with van der Waals surface area (Å²) < 4.78 is 1.60. The van der Waals surface area contributed by atoms with E-state index in [1.807, 2.05) is 0 Å². The zero-order chi connectivity index (χ0) is 8.55. The van der Waals surface area contributed by atoms with E-state index in [0.29, 0.717) is 13.1 Å². The van der Waals surface area contributed by atoms with Gasteiger partial charge in [-0.2, -0.15) is 11.8 Å². The average molecular weight is 185 g/mol. The number of hydrogen-bond donors (Lipinski definition) is 2. The minimum Gasteiger partial charge on any atom is -0.329 e. The topological polar surface area (TPSA) is 63.8 Å². The Balaban J connectivity index is 2.41. The van der Waals surface area contributed by atoms with Crippen LogP contribution < -0.4 is 11.3 Å². The highest BCUT2D eigenvalue weighted by molar-refractivity contribution is 7.98. The lowest BCUT2D eigenvalue weighted by Gasteiger charge is -1.97. The van der Waals surface area contributed by atoms with E-state index in [9.17, 15) is 4.79 Å². The highest BCUT2D eigenvalue weighted by Gasteiger charge is 2.18. The van der Waals surface area contributed by atoms with Gasteiger partial charge in [0.05, 0.1) is 17.8 Å². The molecule has 0 amide bonds. The summed E-state index contributed by atoms with van der Waals surface area (Å²) in [5, 5.41) is 3.07. The van der Waals surface area contributed by atoms with Gasteiger partial charge in [-0.25, -0.2) is 0 Å². The molecule has 2 rings (SSSR count). The van der Waals surface area contributed by atoms with Crippen LogP contribution in [0.4, 0.5) is 0 Å². The molecule has 0 atom stereocenters. The summed E-state index contributed by atoms with van der Waals surface area (Å²) in [4.78, 5) is 11.5. The molecule has 1 aromatic heterocycles. The lowest BCUT2D eigenvalue weighted by molar-refractivity contribution is 0.600. The van der Waals surface area contributed by atoms with Gasteiger partial charge in [0.2, 0.25) is 0 Å². The Kier molecular flexibility index (Phi) is 1.98. The molecule has 0 saturated heterocycles. The predicted molar refractivity (Wildman–Crippen MR) is 49.1 cm³/mol. The van der Waals surface area contributed by atoms with Crippen LogP contribution in [0, 0.1) is 0 Å². The molecule has 3 N–H and O–H groups in total. The molecule has 0 fully saturated rings. The second-order valence-electron chi connectivity index (χ2n) is 2.81. The Bertz CT molecular complexity index is 341. The molecule has 0 spiro atoms. The van der Waals surface area contributed by atoms with E-state index in [4.69, 9.17) is 5.73 Å². The second kappa shape index (κ2) is 2.99. The van der Waals surface area contributed by atoms with Crippen LogP contribution in [0.1, 0.15) is 11.3 Å². The Labute approximate surface area is 74.1 Å². The number of aromatic amines is 1. The fourth-order valence-electron chi connectivity index (χ4n) is 1.38. The SMILES string of the molecule is NCCn1[nH]c2c(c1=O)CSC2. The summed E-state index contributed by atoms with van der Waals surface area (Å²) in [5.74, 6) is 1.78. The number of nitrogens with zero attached hydrogens (tertiary/aromatic N) is 1. The fourth-order valence-corrected chi connectivity index (χ4v) is 2.43. The van der Waals surface area contributed by atoms with Gasteiger partial charge in [-0.05, 0) is 0 Å². The maximum absolute atomic E-state index is 11.5. The Hall–Kier alpha value is -0.680. The molecule has 1 aliphatic rings. The van der Waals surface area contributed by atoms with Crippen LogP contribution in [0.2, 0.25) is 0 Å². The van der Waals surface area contributed by atoms with Gasteiger partial charge < -0.3 is 5.73 Å². The fraction of sp³-hybridized carbons (Fsp3) is 0.571. The molecule has 1 aromatic rings. The molecule has 0 radical (unpaired) electrons. The van der Waals surface area contributed by atoms with Gasteiger partial charge >= 0.3 is 0 Å². The molecule has 1 aliphatic heterocycles. The first-order valence-corrected chi connectivity index (χ1v) is 5.06. The van der Waals surface area contributed by atoms with Crippen LogP contribution in [0.3, 0.4) is 0 Å². The number of rotatable bonds is 2. The zero-order valence-electron chi connectivity index (χ0n) is 6.67. The third-order valence-electron chi connectivity index (χ3n) is 1.98. The molecule has 0 aromatic carbocycles. The van der Waals surface area contributed by atoms with Crippen LogP contribution in [-0.4, -0.2) is 16.3 Å². The van der Waals surface area contributed by atoms with Gasteiger partial charge in [-0.15, -0.1) is 0 Å². The normalized spacial score (nSPS) is 15.1.